The molecule has 0 saturated heterocycles. The summed E-state index contributed by atoms with van der Waals surface area (Å²) in [6, 6.07) is 0. The second kappa shape index (κ2) is 5.12. The van der Waals surface area contributed by atoms with Gasteiger partial charge in [0.2, 0.25) is 20.0 Å². The van der Waals surface area contributed by atoms with Gasteiger partial charge in [-0.15, -0.1) is 0 Å². The van der Waals surface area contributed by atoms with Crippen molar-refractivity contribution in [2.75, 3.05) is 12.3 Å². The molecule has 0 radical (unpaired) electrons. The molecule has 0 amide bonds. The Bertz CT molecular complexity index is 575. The van der Waals surface area contributed by atoms with Gasteiger partial charge in [-0.05, 0) is 6.42 Å². The minimum atomic E-state index is -3.63. The minimum Gasteiger partial charge on any atom is -0.274 e. The Labute approximate surface area is 99.9 Å². The van der Waals surface area contributed by atoms with Gasteiger partial charge in [0.05, 0.1) is 11.9 Å². The van der Waals surface area contributed by atoms with Gasteiger partial charge in [-0.2, -0.15) is 5.10 Å². The van der Waals surface area contributed by atoms with Gasteiger partial charge in [-0.25, -0.2) is 26.7 Å². The van der Waals surface area contributed by atoms with Gasteiger partial charge in [0.15, 0.2) is 0 Å². The normalized spacial score (nSPS) is 12.8. The first-order valence-electron chi connectivity index (χ1n) is 4.69. The lowest BCUT2D eigenvalue weighted by Crippen LogP contribution is -2.27. The molecule has 1 aromatic heterocycles. The maximum absolute atomic E-state index is 11.6. The van der Waals surface area contributed by atoms with E-state index in [1.54, 1.807) is 7.05 Å². The maximum Gasteiger partial charge on any atom is 0.243 e. The highest BCUT2D eigenvalue weighted by molar-refractivity contribution is 7.89. The molecule has 10 heteroatoms. The van der Waals surface area contributed by atoms with Gasteiger partial charge in [0.1, 0.15) is 4.90 Å². The Morgan fingerprint density at radius 2 is 2.06 bits per heavy atom. The second-order valence-electron chi connectivity index (χ2n) is 3.47. The van der Waals surface area contributed by atoms with E-state index in [1.165, 1.54) is 17.1 Å². The first kappa shape index (κ1) is 14.1. The summed E-state index contributed by atoms with van der Waals surface area (Å²) < 4.78 is 48.1. The van der Waals surface area contributed by atoms with Crippen LogP contribution in [0, 0.1) is 0 Å². The van der Waals surface area contributed by atoms with E-state index >= 15 is 0 Å². The lowest BCUT2D eigenvalue weighted by molar-refractivity contribution is 0.576. The summed E-state index contributed by atoms with van der Waals surface area (Å²) in [4.78, 5) is 0.0376. The number of rotatable bonds is 6. The van der Waals surface area contributed by atoms with Crippen LogP contribution >= 0.6 is 0 Å². The van der Waals surface area contributed by atoms with E-state index < -0.39 is 20.0 Å². The molecule has 0 fully saturated rings. The van der Waals surface area contributed by atoms with Crippen molar-refractivity contribution in [1.29, 1.82) is 0 Å². The molecule has 0 unspecified atom stereocenters. The monoisotopic (exact) mass is 282 g/mol. The average Bonchev–Trinajstić information content (AvgIpc) is 2.59. The first-order valence-corrected chi connectivity index (χ1v) is 7.89. The van der Waals surface area contributed by atoms with Crippen LogP contribution < -0.4 is 9.86 Å². The number of sulfonamides is 2. The molecule has 1 rings (SSSR count). The number of hydrogen-bond acceptors (Lipinski definition) is 5. The Hall–Kier alpha value is -0.970. The zero-order valence-corrected chi connectivity index (χ0v) is 10.8. The summed E-state index contributed by atoms with van der Waals surface area (Å²) in [7, 11) is -5.58. The second-order valence-corrected chi connectivity index (χ2v) is 6.97. The lowest BCUT2D eigenvalue weighted by atomic mass is 10.5. The number of nitrogens with one attached hydrogen (secondary N) is 1. The van der Waals surface area contributed by atoms with Gasteiger partial charge < -0.3 is 0 Å². The highest BCUT2D eigenvalue weighted by Crippen LogP contribution is 2.05. The third-order valence-corrected chi connectivity index (χ3v) is 4.16. The van der Waals surface area contributed by atoms with Crippen molar-refractivity contribution >= 4 is 20.0 Å². The Morgan fingerprint density at radius 1 is 1.41 bits per heavy atom. The van der Waals surface area contributed by atoms with Crippen LogP contribution in [0.25, 0.3) is 0 Å². The Balaban J connectivity index is 2.52. The standard InChI is InChI=1S/C7H14N4O4S2/c1-11-6-7(5-9-11)17(14,15)10-3-2-4-16(8,12)13/h5-6,10H,2-4H2,1H3,(H2,8,12,13). The van der Waals surface area contributed by atoms with Gasteiger partial charge in [0.25, 0.3) is 0 Å². The van der Waals surface area contributed by atoms with Crippen LogP contribution in [0.3, 0.4) is 0 Å². The molecule has 8 nitrogen and oxygen atoms in total. The topological polar surface area (TPSA) is 124 Å². The molecule has 98 valence electrons. The number of primary sulfonamides is 1. The van der Waals surface area contributed by atoms with E-state index in [2.05, 4.69) is 9.82 Å². The fourth-order valence-electron chi connectivity index (χ4n) is 1.10. The fraction of sp³-hybridized carbons (Fsp3) is 0.571. The first-order chi connectivity index (χ1) is 7.71. The molecule has 0 aliphatic carbocycles. The van der Waals surface area contributed by atoms with Crippen molar-refractivity contribution in [3.8, 4) is 0 Å². The van der Waals surface area contributed by atoms with Crippen molar-refractivity contribution in [1.82, 2.24) is 14.5 Å². The number of aromatic nitrogens is 2. The van der Waals surface area contributed by atoms with Gasteiger partial charge in [-0.1, -0.05) is 0 Å². The van der Waals surface area contributed by atoms with Crippen LogP contribution in [0.15, 0.2) is 17.3 Å². The summed E-state index contributed by atoms with van der Waals surface area (Å²) >= 11 is 0. The Kier molecular flexibility index (Phi) is 4.25. The highest BCUT2D eigenvalue weighted by Gasteiger charge is 2.15. The molecule has 17 heavy (non-hydrogen) atoms. The molecule has 0 aromatic carbocycles. The van der Waals surface area contributed by atoms with E-state index in [9.17, 15) is 16.8 Å². The number of nitrogens with two attached hydrogens (primary N) is 1. The smallest absolute Gasteiger partial charge is 0.243 e. The lowest BCUT2D eigenvalue weighted by Gasteiger charge is -2.03. The number of hydrogen-bond donors (Lipinski definition) is 2. The maximum atomic E-state index is 11.6. The van der Waals surface area contributed by atoms with Crippen molar-refractivity contribution in [3.05, 3.63) is 12.4 Å². The fourth-order valence-corrected chi connectivity index (χ4v) is 2.70. The zero-order chi connectivity index (χ0) is 13.1. The molecule has 0 aliphatic rings. The van der Waals surface area contributed by atoms with Crippen molar-refractivity contribution in [2.24, 2.45) is 12.2 Å². The predicted octanol–water partition coefficient (Wildman–Crippen LogP) is -1.62. The highest BCUT2D eigenvalue weighted by atomic mass is 32.2. The van der Waals surface area contributed by atoms with Crippen LogP contribution in [-0.2, 0) is 27.1 Å². The molecule has 0 atom stereocenters. The minimum absolute atomic E-state index is 0.00760. The van der Waals surface area contributed by atoms with E-state index in [1.807, 2.05) is 0 Å². The molecule has 0 saturated carbocycles. The van der Waals surface area contributed by atoms with E-state index in [-0.39, 0.29) is 23.6 Å². The molecular weight excluding hydrogens is 268 g/mol. The average molecular weight is 282 g/mol. The van der Waals surface area contributed by atoms with Crippen LogP contribution in [-0.4, -0.2) is 38.9 Å². The molecule has 0 spiro atoms. The summed E-state index contributed by atoms with van der Waals surface area (Å²) in [5.41, 5.74) is 0. The summed E-state index contributed by atoms with van der Waals surface area (Å²) in [6.07, 6.45) is 2.68. The van der Waals surface area contributed by atoms with Gasteiger partial charge in [-0.3, -0.25) is 4.68 Å². The Morgan fingerprint density at radius 3 is 2.53 bits per heavy atom. The van der Waals surface area contributed by atoms with Gasteiger partial charge in [0, 0.05) is 19.8 Å². The van der Waals surface area contributed by atoms with E-state index in [0.29, 0.717) is 0 Å². The third kappa shape index (κ3) is 4.81. The van der Waals surface area contributed by atoms with E-state index in [0.717, 1.165) is 0 Å². The van der Waals surface area contributed by atoms with Crippen LogP contribution in [0.2, 0.25) is 0 Å². The van der Waals surface area contributed by atoms with Crippen LogP contribution in [0.4, 0.5) is 0 Å². The predicted molar refractivity (Wildman–Crippen MR) is 61.0 cm³/mol. The van der Waals surface area contributed by atoms with Crippen LogP contribution in [0.5, 0.6) is 0 Å². The molecular formula is C7H14N4O4S2. The zero-order valence-electron chi connectivity index (χ0n) is 9.20. The summed E-state index contributed by atoms with van der Waals surface area (Å²) in [6.45, 7) is 0.00760. The van der Waals surface area contributed by atoms with Crippen LogP contribution in [0.1, 0.15) is 6.42 Å². The quantitative estimate of drug-likeness (QED) is 0.607. The molecule has 1 aromatic rings. The summed E-state index contributed by atoms with van der Waals surface area (Å²) in [5.74, 6) is -0.261. The SMILES string of the molecule is Cn1cc(S(=O)(=O)NCCCS(N)(=O)=O)cn1. The molecule has 3 N–H and O–H groups in total. The molecule has 1 heterocycles. The van der Waals surface area contributed by atoms with Crippen molar-refractivity contribution in [3.63, 3.8) is 0 Å². The van der Waals surface area contributed by atoms with E-state index in [4.69, 9.17) is 5.14 Å². The number of aryl methyl sites for hydroxylation is 1. The number of nitrogens with zero attached hydrogens (tertiary/aromatic N) is 2. The van der Waals surface area contributed by atoms with Crippen molar-refractivity contribution in [2.45, 2.75) is 11.3 Å². The molecule has 0 aliphatic heterocycles. The summed E-state index contributed by atoms with van der Waals surface area (Å²) in [5, 5.41) is 8.51. The third-order valence-electron chi connectivity index (χ3n) is 1.89. The largest absolute Gasteiger partial charge is 0.274 e. The van der Waals surface area contributed by atoms with Gasteiger partial charge >= 0.3 is 0 Å². The van der Waals surface area contributed by atoms with Crippen molar-refractivity contribution < 1.29 is 16.8 Å². The molecule has 0 bridgehead atoms.